The monoisotopic (exact) mass is 346 g/mol. The van der Waals surface area contributed by atoms with E-state index in [9.17, 15) is 9.59 Å². The minimum atomic E-state index is -0.318. The van der Waals surface area contributed by atoms with Gasteiger partial charge >= 0.3 is 5.69 Å². The first-order chi connectivity index (χ1) is 11.8. The molecule has 0 amide bonds. The fraction of sp³-hybridized carbons (Fsp3) is 0.647. The minimum Gasteiger partial charge on any atom is -0.294 e. The van der Waals surface area contributed by atoms with Crippen molar-refractivity contribution in [2.24, 2.45) is 18.1 Å². The zero-order valence-electron chi connectivity index (χ0n) is 15.8. The smallest absolute Gasteiger partial charge is 0.294 e. The second-order valence-corrected chi connectivity index (χ2v) is 7.07. The van der Waals surface area contributed by atoms with Crippen LogP contribution in [-0.4, -0.2) is 30.9 Å². The van der Waals surface area contributed by atoms with Crippen LogP contribution in [0.4, 0.5) is 5.95 Å². The van der Waals surface area contributed by atoms with Crippen LogP contribution in [0.25, 0.3) is 11.2 Å². The Labute approximate surface area is 146 Å². The first kappa shape index (κ1) is 17.4. The van der Waals surface area contributed by atoms with Crippen molar-refractivity contribution in [1.82, 2.24) is 18.7 Å². The third-order valence-corrected chi connectivity index (χ3v) is 4.89. The van der Waals surface area contributed by atoms with Crippen LogP contribution in [-0.2, 0) is 13.6 Å². The summed E-state index contributed by atoms with van der Waals surface area (Å²) >= 11 is 0. The highest BCUT2D eigenvalue weighted by Gasteiger charge is 2.29. The quantitative estimate of drug-likeness (QED) is 0.844. The maximum atomic E-state index is 13.1. The van der Waals surface area contributed by atoms with Gasteiger partial charge in [0.25, 0.3) is 5.56 Å². The van der Waals surface area contributed by atoms with Crippen LogP contribution in [0, 0.1) is 5.92 Å². The number of anilines is 1. The SMILES string of the molecule is CCN1N=C(C)[C@H](C)n2c1nc1c2c(=O)n(CCC(C)C)c(=O)n1C. The number of imidazole rings is 1. The van der Waals surface area contributed by atoms with Crippen LogP contribution in [0.1, 0.15) is 47.1 Å². The third-order valence-electron chi connectivity index (χ3n) is 4.89. The molecule has 2 aromatic heterocycles. The number of hydrazone groups is 1. The van der Waals surface area contributed by atoms with E-state index in [-0.39, 0.29) is 17.3 Å². The fourth-order valence-electron chi connectivity index (χ4n) is 3.18. The molecule has 0 saturated heterocycles. The Balaban J connectivity index is 2.33. The molecule has 0 unspecified atom stereocenters. The Morgan fingerprint density at radius 1 is 1.24 bits per heavy atom. The summed E-state index contributed by atoms with van der Waals surface area (Å²) in [6.45, 7) is 11.1. The number of hydrogen-bond acceptors (Lipinski definition) is 5. The lowest BCUT2D eigenvalue weighted by Crippen LogP contribution is -2.40. The van der Waals surface area contributed by atoms with Crippen molar-refractivity contribution < 1.29 is 0 Å². The molecule has 0 fully saturated rings. The number of rotatable bonds is 4. The lowest BCUT2D eigenvalue weighted by atomic mass is 10.1. The second-order valence-electron chi connectivity index (χ2n) is 7.07. The van der Waals surface area contributed by atoms with Crippen LogP contribution in [0.3, 0.4) is 0 Å². The summed E-state index contributed by atoms with van der Waals surface area (Å²) in [5.41, 5.74) is 1.22. The average molecular weight is 346 g/mol. The van der Waals surface area contributed by atoms with Crippen molar-refractivity contribution in [3.05, 3.63) is 20.8 Å². The fourth-order valence-corrected chi connectivity index (χ4v) is 3.18. The highest BCUT2D eigenvalue weighted by molar-refractivity contribution is 5.90. The predicted octanol–water partition coefficient (Wildman–Crippen LogP) is 1.72. The van der Waals surface area contributed by atoms with Crippen molar-refractivity contribution in [2.45, 2.75) is 53.6 Å². The summed E-state index contributed by atoms with van der Waals surface area (Å²) in [6, 6.07) is -0.0773. The van der Waals surface area contributed by atoms with E-state index >= 15 is 0 Å². The van der Waals surface area contributed by atoms with Crippen LogP contribution >= 0.6 is 0 Å². The van der Waals surface area contributed by atoms with Gasteiger partial charge in [0.05, 0.1) is 11.8 Å². The van der Waals surface area contributed by atoms with E-state index in [2.05, 4.69) is 23.9 Å². The molecule has 0 aromatic carbocycles. The van der Waals surface area contributed by atoms with E-state index in [1.807, 2.05) is 25.3 Å². The van der Waals surface area contributed by atoms with E-state index in [0.29, 0.717) is 36.1 Å². The molecule has 2 aromatic rings. The van der Waals surface area contributed by atoms with E-state index in [0.717, 1.165) is 12.1 Å². The van der Waals surface area contributed by atoms with Gasteiger partial charge in [-0.15, -0.1) is 0 Å². The molecule has 1 aliphatic rings. The van der Waals surface area contributed by atoms with Crippen LogP contribution in [0.5, 0.6) is 0 Å². The highest BCUT2D eigenvalue weighted by Crippen LogP contribution is 2.29. The van der Waals surface area contributed by atoms with Crippen LogP contribution < -0.4 is 16.3 Å². The van der Waals surface area contributed by atoms with E-state index < -0.39 is 0 Å². The van der Waals surface area contributed by atoms with Gasteiger partial charge in [-0.3, -0.25) is 18.5 Å². The second kappa shape index (κ2) is 6.16. The number of nitrogens with zero attached hydrogens (tertiary/aromatic N) is 6. The van der Waals surface area contributed by atoms with Gasteiger partial charge in [0.2, 0.25) is 5.95 Å². The van der Waals surface area contributed by atoms with Crippen molar-refractivity contribution in [1.29, 1.82) is 0 Å². The molecule has 0 bridgehead atoms. The molecule has 3 rings (SSSR count). The van der Waals surface area contributed by atoms with Crippen molar-refractivity contribution in [3.8, 4) is 0 Å². The molecule has 1 aliphatic heterocycles. The zero-order chi connectivity index (χ0) is 18.5. The Morgan fingerprint density at radius 2 is 1.92 bits per heavy atom. The molecule has 0 N–H and O–H groups in total. The van der Waals surface area contributed by atoms with Gasteiger partial charge in [-0.25, -0.2) is 9.80 Å². The molecule has 136 valence electrons. The Morgan fingerprint density at radius 3 is 2.52 bits per heavy atom. The standard InChI is InChI=1S/C17H26N6O2/c1-7-22-16-18-14-13(23(16)12(5)11(4)19-22)15(24)21(9-8-10(2)3)17(25)20(14)6/h10,12H,7-9H2,1-6H3/t12-/m0/s1. The Bertz CT molecular complexity index is 962. The number of hydrogen-bond donors (Lipinski definition) is 0. The van der Waals surface area contributed by atoms with Crippen molar-refractivity contribution >= 4 is 22.8 Å². The Hall–Kier alpha value is -2.38. The molecule has 3 heterocycles. The molecule has 8 heteroatoms. The number of aryl methyl sites for hydroxylation is 1. The number of aromatic nitrogens is 4. The van der Waals surface area contributed by atoms with Gasteiger partial charge < -0.3 is 0 Å². The molecular formula is C17H26N6O2. The van der Waals surface area contributed by atoms with Gasteiger partial charge in [0, 0.05) is 20.1 Å². The lowest BCUT2D eigenvalue weighted by Gasteiger charge is -2.28. The molecule has 1 atom stereocenters. The molecule has 0 radical (unpaired) electrons. The predicted molar refractivity (Wildman–Crippen MR) is 99.5 cm³/mol. The summed E-state index contributed by atoms with van der Waals surface area (Å²) in [5, 5.41) is 6.33. The molecule has 0 aliphatic carbocycles. The van der Waals surface area contributed by atoms with Crippen molar-refractivity contribution in [2.75, 3.05) is 11.6 Å². The first-order valence-electron chi connectivity index (χ1n) is 8.82. The maximum Gasteiger partial charge on any atom is 0.332 e. The summed E-state index contributed by atoms with van der Waals surface area (Å²) in [7, 11) is 1.67. The average Bonchev–Trinajstić information content (AvgIpc) is 2.97. The third kappa shape index (κ3) is 2.60. The molecule has 8 nitrogen and oxygen atoms in total. The maximum absolute atomic E-state index is 13.1. The van der Waals surface area contributed by atoms with Gasteiger partial charge in [0.15, 0.2) is 11.2 Å². The summed E-state index contributed by atoms with van der Waals surface area (Å²) in [4.78, 5) is 30.4. The van der Waals surface area contributed by atoms with Crippen LogP contribution in [0.2, 0.25) is 0 Å². The summed E-state index contributed by atoms with van der Waals surface area (Å²) in [6.07, 6.45) is 0.777. The summed E-state index contributed by atoms with van der Waals surface area (Å²) in [5.74, 6) is 1.03. The van der Waals surface area contributed by atoms with E-state index in [1.165, 1.54) is 9.13 Å². The first-order valence-corrected chi connectivity index (χ1v) is 8.82. The van der Waals surface area contributed by atoms with E-state index in [4.69, 9.17) is 0 Å². The number of fused-ring (bicyclic) bond motifs is 3. The van der Waals surface area contributed by atoms with Gasteiger partial charge in [-0.2, -0.15) is 10.1 Å². The highest BCUT2D eigenvalue weighted by atomic mass is 16.2. The van der Waals surface area contributed by atoms with Gasteiger partial charge in [-0.1, -0.05) is 13.8 Å². The molecular weight excluding hydrogens is 320 g/mol. The normalized spacial score (nSPS) is 17.3. The molecule has 0 saturated carbocycles. The Kier molecular flexibility index (Phi) is 4.30. The molecule has 25 heavy (non-hydrogen) atoms. The molecule has 0 spiro atoms. The van der Waals surface area contributed by atoms with Crippen LogP contribution in [0.15, 0.2) is 14.7 Å². The van der Waals surface area contributed by atoms with E-state index in [1.54, 1.807) is 12.1 Å². The summed E-state index contributed by atoms with van der Waals surface area (Å²) < 4.78 is 4.72. The van der Waals surface area contributed by atoms with Gasteiger partial charge in [-0.05, 0) is 33.1 Å². The topological polar surface area (TPSA) is 77.4 Å². The van der Waals surface area contributed by atoms with Gasteiger partial charge in [0.1, 0.15) is 0 Å². The minimum absolute atomic E-state index is 0.0773. The zero-order valence-corrected chi connectivity index (χ0v) is 15.8. The van der Waals surface area contributed by atoms with Crippen molar-refractivity contribution in [3.63, 3.8) is 0 Å². The lowest BCUT2D eigenvalue weighted by molar-refractivity contribution is 0.487. The largest absolute Gasteiger partial charge is 0.332 e.